The van der Waals surface area contributed by atoms with E-state index in [0.29, 0.717) is 12.0 Å². The van der Waals surface area contributed by atoms with Gasteiger partial charge in [0.1, 0.15) is 5.82 Å². The summed E-state index contributed by atoms with van der Waals surface area (Å²) in [4.78, 5) is 3.60. The van der Waals surface area contributed by atoms with Gasteiger partial charge >= 0.3 is 0 Å². The molecule has 1 rings (SSSR count). The van der Waals surface area contributed by atoms with Gasteiger partial charge in [-0.1, -0.05) is 0 Å². The van der Waals surface area contributed by atoms with Crippen molar-refractivity contribution in [1.82, 2.24) is 4.98 Å². The molecule has 11 heavy (non-hydrogen) atoms. The number of nitrogens with zero attached hydrogens (tertiary/aromatic N) is 1. The van der Waals surface area contributed by atoms with Gasteiger partial charge in [-0.2, -0.15) is 0 Å². The molecule has 3 heteroatoms. The van der Waals surface area contributed by atoms with Gasteiger partial charge in [0.15, 0.2) is 0 Å². The zero-order valence-electron chi connectivity index (χ0n) is 6.29. The Kier molecular flexibility index (Phi) is 2.54. The minimum Gasteiger partial charge on any atom is -0.393 e. The van der Waals surface area contributed by atoms with Crippen LogP contribution < -0.4 is 0 Å². The van der Waals surface area contributed by atoms with Crippen LogP contribution in [0.4, 0.5) is 4.39 Å². The second-order valence-electron chi connectivity index (χ2n) is 2.52. The van der Waals surface area contributed by atoms with Gasteiger partial charge in [0.2, 0.25) is 0 Å². The van der Waals surface area contributed by atoms with E-state index in [4.69, 9.17) is 5.11 Å². The molecular weight excluding hydrogens is 145 g/mol. The first-order chi connectivity index (χ1) is 5.20. The van der Waals surface area contributed by atoms with E-state index in [9.17, 15) is 4.39 Å². The van der Waals surface area contributed by atoms with Crippen LogP contribution in [0.2, 0.25) is 0 Å². The van der Waals surface area contributed by atoms with E-state index in [1.165, 1.54) is 6.20 Å². The van der Waals surface area contributed by atoms with Crippen molar-refractivity contribution >= 4 is 0 Å². The summed E-state index contributed by atoms with van der Waals surface area (Å²) in [5.74, 6) is -0.353. The summed E-state index contributed by atoms with van der Waals surface area (Å²) in [5.41, 5.74) is 0.509. The zero-order chi connectivity index (χ0) is 8.27. The molecule has 1 aromatic rings. The van der Waals surface area contributed by atoms with Crippen molar-refractivity contribution in [2.24, 2.45) is 0 Å². The van der Waals surface area contributed by atoms with Crippen LogP contribution in [-0.4, -0.2) is 16.2 Å². The van der Waals surface area contributed by atoms with Gasteiger partial charge in [-0.05, 0) is 18.6 Å². The molecule has 1 aromatic heterocycles. The lowest BCUT2D eigenvalue weighted by Gasteiger charge is -2.03. The zero-order valence-corrected chi connectivity index (χ0v) is 6.29. The van der Waals surface area contributed by atoms with Crippen LogP contribution in [0.15, 0.2) is 18.5 Å². The van der Waals surface area contributed by atoms with Gasteiger partial charge in [-0.25, -0.2) is 4.39 Å². The number of hydrogen-bond acceptors (Lipinski definition) is 2. The molecule has 0 amide bonds. The fourth-order valence-corrected chi connectivity index (χ4v) is 0.888. The van der Waals surface area contributed by atoms with Crippen molar-refractivity contribution in [1.29, 1.82) is 0 Å². The minimum absolute atomic E-state index is 0.342. The molecule has 0 saturated carbocycles. The van der Waals surface area contributed by atoms with Crippen LogP contribution in [0.25, 0.3) is 0 Å². The maximum Gasteiger partial charge on any atom is 0.144 e. The van der Waals surface area contributed by atoms with Crippen LogP contribution in [0.1, 0.15) is 12.5 Å². The summed E-state index contributed by atoms with van der Waals surface area (Å²) >= 11 is 0. The van der Waals surface area contributed by atoms with Crippen molar-refractivity contribution in [2.75, 3.05) is 0 Å². The second-order valence-corrected chi connectivity index (χ2v) is 2.52. The Morgan fingerprint density at radius 3 is 3.00 bits per heavy atom. The Morgan fingerprint density at radius 2 is 2.45 bits per heavy atom. The number of hydrogen-bond donors (Lipinski definition) is 1. The van der Waals surface area contributed by atoms with Gasteiger partial charge < -0.3 is 5.11 Å². The van der Waals surface area contributed by atoms with E-state index < -0.39 is 6.10 Å². The first kappa shape index (κ1) is 8.14. The molecule has 0 unspecified atom stereocenters. The molecule has 0 aliphatic carbocycles. The number of aliphatic hydroxyl groups is 1. The van der Waals surface area contributed by atoms with Crippen LogP contribution in [0.3, 0.4) is 0 Å². The average Bonchev–Trinajstić information content (AvgIpc) is 1.93. The summed E-state index contributed by atoms with van der Waals surface area (Å²) < 4.78 is 12.8. The Bertz CT molecular complexity index is 237. The maximum absolute atomic E-state index is 12.8. The standard InChI is InChI=1S/C8H10FNO/c1-6(11)4-7-2-3-10-5-8(7)9/h2-3,5-6,11H,4H2,1H3/t6-/m0/s1. The largest absolute Gasteiger partial charge is 0.393 e. The Morgan fingerprint density at radius 1 is 1.73 bits per heavy atom. The summed E-state index contributed by atoms with van der Waals surface area (Å²) in [6, 6.07) is 1.57. The second kappa shape index (κ2) is 3.44. The summed E-state index contributed by atoms with van der Waals surface area (Å²) in [5, 5.41) is 8.94. The molecule has 1 atom stereocenters. The van der Waals surface area contributed by atoms with Crippen LogP contribution in [0, 0.1) is 5.82 Å². The molecule has 0 radical (unpaired) electrons. The first-order valence-corrected chi connectivity index (χ1v) is 3.46. The van der Waals surface area contributed by atoms with Crippen LogP contribution in [-0.2, 0) is 6.42 Å². The van der Waals surface area contributed by atoms with E-state index >= 15 is 0 Å². The predicted octanol–water partition coefficient (Wildman–Crippen LogP) is 1.14. The Labute approximate surface area is 64.7 Å². The van der Waals surface area contributed by atoms with Crippen molar-refractivity contribution in [2.45, 2.75) is 19.4 Å². The van der Waals surface area contributed by atoms with Gasteiger partial charge in [0.05, 0.1) is 12.3 Å². The van der Waals surface area contributed by atoms with E-state index in [0.717, 1.165) is 6.20 Å². The SMILES string of the molecule is C[C@H](O)Cc1ccncc1F. The third-order valence-electron chi connectivity index (χ3n) is 1.37. The van der Waals surface area contributed by atoms with Crippen LogP contribution >= 0.6 is 0 Å². The third kappa shape index (κ3) is 2.27. The van der Waals surface area contributed by atoms with Crippen molar-refractivity contribution in [3.05, 3.63) is 29.8 Å². The number of pyridine rings is 1. The van der Waals surface area contributed by atoms with E-state index in [-0.39, 0.29) is 5.82 Å². The fraction of sp³-hybridized carbons (Fsp3) is 0.375. The highest BCUT2D eigenvalue weighted by atomic mass is 19.1. The molecule has 60 valence electrons. The topological polar surface area (TPSA) is 33.1 Å². The summed E-state index contributed by atoms with van der Waals surface area (Å²) in [6.07, 6.45) is 2.50. The summed E-state index contributed by atoms with van der Waals surface area (Å²) in [6.45, 7) is 1.62. The lowest BCUT2D eigenvalue weighted by molar-refractivity contribution is 0.194. The highest BCUT2D eigenvalue weighted by molar-refractivity contribution is 5.13. The number of halogens is 1. The molecule has 0 aliphatic heterocycles. The molecular formula is C8H10FNO. The molecule has 0 saturated heterocycles. The van der Waals surface area contributed by atoms with Gasteiger partial charge in [0, 0.05) is 12.6 Å². The smallest absolute Gasteiger partial charge is 0.144 e. The van der Waals surface area contributed by atoms with E-state index in [1.807, 2.05) is 0 Å². The van der Waals surface area contributed by atoms with E-state index in [1.54, 1.807) is 13.0 Å². The molecule has 1 heterocycles. The monoisotopic (exact) mass is 155 g/mol. The third-order valence-corrected chi connectivity index (χ3v) is 1.37. The fourth-order valence-electron chi connectivity index (χ4n) is 0.888. The van der Waals surface area contributed by atoms with Crippen molar-refractivity contribution in [3.8, 4) is 0 Å². The Hall–Kier alpha value is -0.960. The highest BCUT2D eigenvalue weighted by Crippen LogP contribution is 2.06. The molecule has 0 aliphatic rings. The molecule has 1 N–H and O–H groups in total. The van der Waals surface area contributed by atoms with E-state index in [2.05, 4.69) is 4.98 Å². The average molecular weight is 155 g/mol. The number of rotatable bonds is 2. The van der Waals surface area contributed by atoms with Crippen molar-refractivity contribution in [3.63, 3.8) is 0 Å². The lowest BCUT2D eigenvalue weighted by atomic mass is 10.1. The number of aliphatic hydroxyl groups excluding tert-OH is 1. The maximum atomic E-state index is 12.8. The first-order valence-electron chi connectivity index (χ1n) is 3.46. The van der Waals surface area contributed by atoms with Crippen LogP contribution in [0.5, 0.6) is 0 Å². The highest BCUT2D eigenvalue weighted by Gasteiger charge is 2.03. The van der Waals surface area contributed by atoms with Gasteiger partial charge in [-0.15, -0.1) is 0 Å². The molecule has 0 fully saturated rings. The Balaban J connectivity index is 2.78. The van der Waals surface area contributed by atoms with Gasteiger partial charge in [0.25, 0.3) is 0 Å². The quantitative estimate of drug-likeness (QED) is 0.694. The molecule has 0 spiro atoms. The lowest BCUT2D eigenvalue weighted by Crippen LogP contribution is -2.05. The molecule has 0 bridgehead atoms. The minimum atomic E-state index is -0.508. The summed E-state index contributed by atoms with van der Waals surface area (Å²) in [7, 11) is 0. The normalized spacial score (nSPS) is 13.0. The van der Waals surface area contributed by atoms with Gasteiger partial charge in [-0.3, -0.25) is 4.98 Å². The van der Waals surface area contributed by atoms with Crippen molar-refractivity contribution < 1.29 is 9.50 Å². The predicted molar refractivity (Wildman–Crippen MR) is 39.6 cm³/mol. The number of aromatic nitrogens is 1. The molecule has 2 nitrogen and oxygen atoms in total. The molecule has 0 aromatic carbocycles.